The summed E-state index contributed by atoms with van der Waals surface area (Å²) < 4.78 is 18.8. The van der Waals surface area contributed by atoms with E-state index in [-0.39, 0.29) is 11.1 Å². The number of thioether (sulfide) groups is 1. The van der Waals surface area contributed by atoms with Gasteiger partial charge in [-0.05, 0) is 48.0 Å². The predicted molar refractivity (Wildman–Crippen MR) is 91.7 cm³/mol. The molecule has 1 aliphatic rings. The van der Waals surface area contributed by atoms with E-state index in [9.17, 15) is 4.39 Å². The maximum Gasteiger partial charge on any atom is 0.123 e. The lowest BCUT2D eigenvalue weighted by Gasteiger charge is -2.11. The van der Waals surface area contributed by atoms with Gasteiger partial charge in [0.1, 0.15) is 11.6 Å². The molecule has 2 aromatic carbocycles. The number of fused-ring (bicyclic) bond motifs is 1. The Morgan fingerprint density at radius 1 is 0.957 bits per heavy atom. The number of rotatable bonds is 2. The highest BCUT2D eigenvalue weighted by Gasteiger charge is 2.21. The maximum atomic E-state index is 13.2. The molecule has 0 radical (unpaired) electrons. The summed E-state index contributed by atoms with van der Waals surface area (Å²) in [5, 5.41) is 3.52. The standard InChI is InChI=1S/C19H14FNOS/c20-14-9-7-13(8-10-14)16-12-19(17-5-3-11-22-17)23-18-6-2-1-4-15(18)21-16/h1-12,19,21H. The van der Waals surface area contributed by atoms with Gasteiger partial charge < -0.3 is 9.73 Å². The number of hydrogen-bond acceptors (Lipinski definition) is 3. The van der Waals surface area contributed by atoms with E-state index in [0.29, 0.717) is 0 Å². The summed E-state index contributed by atoms with van der Waals surface area (Å²) >= 11 is 1.73. The fourth-order valence-corrected chi connectivity index (χ4v) is 3.70. The largest absolute Gasteiger partial charge is 0.468 e. The van der Waals surface area contributed by atoms with E-state index >= 15 is 0 Å². The van der Waals surface area contributed by atoms with Crippen molar-refractivity contribution in [1.82, 2.24) is 0 Å². The molecule has 0 bridgehead atoms. The molecule has 23 heavy (non-hydrogen) atoms. The summed E-state index contributed by atoms with van der Waals surface area (Å²) in [7, 11) is 0. The average Bonchev–Trinajstić information content (AvgIpc) is 3.03. The van der Waals surface area contributed by atoms with Crippen LogP contribution in [-0.2, 0) is 0 Å². The van der Waals surface area contributed by atoms with Crippen LogP contribution in [0.15, 0.2) is 82.3 Å². The molecule has 0 saturated heterocycles. The molecule has 1 aliphatic heterocycles. The molecule has 1 N–H and O–H groups in total. The molecule has 1 unspecified atom stereocenters. The van der Waals surface area contributed by atoms with Crippen molar-refractivity contribution in [2.75, 3.05) is 5.32 Å². The van der Waals surface area contributed by atoms with Crippen LogP contribution >= 0.6 is 11.8 Å². The molecular weight excluding hydrogens is 309 g/mol. The SMILES string of the molecule is Fc1ccc(C2=CC(c3ccco3)Sc3ccccc3N2)cc1. The first-order valence-corrected chi connectivity index (χ1v) is 8.21. The Labute approximate surface area is 138 Å². The highest BCUT2D eigenvalue weighted by atomic mass is 32.2. The van der Waals surface area contributed by atoms with Gasteiger partial charge in [0.25, 0.3) is 0 Å². The third-order valence-corrected chi connectivity index (χ3v) is 4.94. The van der Waals surface area contributed by atoms with Gasteiger partial charge in [0.15, 0.2) is 0 Å². The van der Waals surface area contributed by atoms with Crippen molar-refractivity contribution in [2.45, 2.75) is 10.1 Å². The lowest BCUT2D eigenvalue weighted by Crippen LogP contribution is -1.99. The number of nitrogens with one attached hydrogen (secondary N) is 1. The Hall–Kier alpha value is -2.46. The van der Waals surface area contributed by atoms with Crippen LogP contribution in [0.2, 0.25) is 0 Å². The van der Waals surface area contributed by atoms with Crippen LogP contribution in [0.1, 0.15) is 16.6 Å². The topological polar surface area (TPSA) is 25.2 Å². The van der Waals surface area contributed by atoms with Gasteiger partial charge >= 0.3 is 0 Å². The van der Waals surface area contributed by atoms with Crippen molar-refractivity contribution in [3.05, 3.63) is 90.1 Å². The lowest BCUT2D eigenvalue weighted by atomic mass is 10.1. The molecule has 0 saturated carbocycles. The molecule has 0 fully saturated rings. The zero-order valence-electron chi connectivity index (χ0n) is 12.2. The van der Waals surface area contributed by atoms with Gasteiger partial charge in [0.2, 0.25) is 0 Å². The first-order chi connectivity index (χ1) is 11.3. The molecule has 2 heterocycles. The van der Waals surface area contributed by atoms with E-state index in [1.54, 1.807) is 30.2 Å². The van der Waals surface area contributed by atoms with Gasteiger partial charge in [-0.3, -0.25) is 0 Å². The fourth-order valence-electron chi connectivity index (χ4n) is 2.57. The smallest absolute Gasteiger partial charge is 0.123 e. The minimum absolute atomic E-state index is 0.0567. The van der Waals surface area contributed by atoms with Crippen LogP contribution in [0, 0.1) is 5.82 Å². The summed E-state index contributed by atoms with van der Waals surface area (Å²) in [5.74, 6) is 0.661. The second kappa shape index (κ2) is 5.97. The molecule has 0 aliphatic carbocycles. The quantitative estimate of drug-likeness (QED) is 0.653. The Balaban J connectivity index is 1.81. The second-order valence-corrected chi connectivity index (χ2v) is 6.45. The van der Waals surface area contributed by atoms with Crippen molar-refractivity contribution in [1.29, 1.82) is 0 Å². The first-order valence-electron chi connectivity index (χ1n) is 7.33. The van der Waals surface area contributed by atoms with E-state index in [1.165, 1.54) is 12.1 Å². The van der Waals surface area contributed by atoms with Crippen LogP contribution < -0.4 is 5.32 Å². The zero-order chi connectivity index (χ0) is 15.6. The molecule has 4 heteroatoms. The van der Waals surface area contributed by atoms with Crippen molar-refractivity contribution in [3.8, 4) is 0 Å². The number of furan rings is 1. The van der Waals surface area contributed by atoms with Crippen molar-refractivity contribution in [2.24, 2.45) is 0 Å². The van der Waals surface area contributed by atoms with E-state index in [0.717, 1.165) is 27.6 Å². The third kappa shape index (κ3) is 2.90. The van der Waals surface area contributed by atoms with E-state index in [1.807, 2.05) is 30.3 Å². The first kappa shape index (κ1) is 14.2. The Bertz CT molecular complexity index is 840. The molecule has 3 aromatic rings. The molecule has 0 spiro atoms. The summed E-state index contributed by atoms with van der Waals surface area (Å²) in [4.78, 5) is 1.15. The average molecular weight is 323 g/mol. The fraction of sp³-hybridized carbons (Fsp3) is 0.0526. The highest BCUT2D eigenvalue weighted by molar-refractivity contribution is 7.99. The molecular formula is C19H14FNOS. The van der Waals surface area contributed by atoms with Crippen molar-refractivity contribution in [3.63, 3.8) is 0 Å². The van der Waals surface area contributed by atoms with Crippen molar-refractivity contribution >= 4 is 23.1 Å². The van der Waals surface area contributed by atoms with Crippen molar-refractivity contribution < 1.29 is 8.81 Å². The molecule has 0 amide bonds. The van der Waals surface area contributed by atoms with E-state index in [2.05, 4.69) is 17.5 Å². The van der Waals surface area contributed by atoms with Gasteiger partial charge in [-0.2, -0.15) is 0 Å². The minimum Gasteiger partial charge on any atom is -0.468 e. The Kier molecular flexibility index (Phi) is 3.67. The van der Waals surface area contributed by atoms with Crippen LogP contribution in [0.3, 0.4) is 0 Å². The van der Waals surface area contributed by atoms with Crippen LogP contribution in [0.5, 0.6) is 0 Å². The monoisotopic (exact) mass is 323 g/mol. The Morgan fingerprint density at radius 3 is 2.57 bits per heavy atom. The number of halogens is 1. The number of hydrogen-bond donors (Lipinski definition) is 1. The molecule has 4 rings (SSSR count). The third-order valence-electron chi connectivity index (χ3n) is 3.71. The van der Waals surface area contributed by atoms with E-state index < -0.39 is 0 Å². The van der Waals surface area contributed by atoms with Crippen LogP contribution in [0.25, 0.3) is 5.70 Å². The van der Waals surface area contributed by atoms with Crippen LogP contribution in [-0.4, -0.2) is 0 Å². The molecule has 2 nitrogen and oxygen atoms in total. The van der Waals surface area contributed by atoms with Gasteiger partial charge in [0, 0.05) is 10.6 Å². The molecule has 1 atom stereocenters. The second-order valence-electron chi connectivity index (χ2n) is 5.26. The van der Waals surface area contributed by atoms with Gasteiger partial charge in [-0.1, -0.05) is 24.3 Å². The highest BCUT2D eigenvalue weighted by Crippen LogP contribution is 2.44. The maximum absolute atomic E-state index is 13.2. The van der Waals surface area contributed by atoms with Crippen LogP contribution in [0.4, 0.5) is 10.1 Å². The Morgan fingerprint density at radius 2 is 1.78 bits per heavy atom. The summed E-state index contributed by atoms with van der Waals surface area (Å²) in [6.07, 6.45) is 3.81. The predicted octanol–water partition coefficient (Wildman–Crippen LogP) is 5.72. The summed E-state index contributed by atoms with van der Waals surface area (Å²) in [5.41, 5.74) is 2.94. The zero-order valence-corrected chi connectivity index (χ0v) is 13.0. The van der Waals surface area contributed by atoms with E-state index in [4.69, 9.17) is 4.42 Å². The van der Waals surface area contributed by atoms with Gasteiger partial charge in [-0.15, -0.1) is 11.8 Å². The van der Waals surface area contributed by atoms with Gasteiger partial charge in [0.05, 0.1) is 17.2 Å². The normalized spacial score (nSPS) is 16.9. The summed E-state index contributed by atoms with van der Waals surface area (Å²) in [6, 6.07) is 18.5. The number of para-hydroxylation sites is 1. The molecule has 114 valence electrons. The van der Waals surface area contributed by atoms with Gasteiger partial charge in [-0.25, -0.2) is 4.39 Å². The lowest BCUT2D eigenvalue weighted by molar-refractivity contribution is 0.520. The molecule has 1 aromatic heterocycles. The summed E-state index contributed by atoms with van der Waals surface area (Å²) in [6.45, 7) is 0. The number of anilines is 1. The minimum atomic E-state index is -0.236. The number of benzene rings is 2.